The van der Waals surface area contributed by atoms with E-state index in [4.69, 9.17) is 4.74 Å². The zero-order valence-corrected chi connectivity index (χ0v) is 14.4. The van der Waals surface area contributed by atoms with Gasteiger partial charge in [-0.2, -0.15) is 0 Å². The molecule has 0 aromatic heterocycles. The Morgan fingerprint density at radius 1 is 1.16 bits per heavy atom. The molecule has 1 aromatic rings. The van der Waals surface area contributed by atoms with Crippen LogP contribution in [-0.4, -0.2) is 67.0 Å². The number of amides is 3. The molecule has 7 nitrogen and oxygen atoms in total. The van der Waals surface area contributed by atoms with Crippen molar-refractivity contribution in [2.75, 3.05) is 39.3 Å². The third-order valence-electron chi connectivity index (χ3n) is 3.87. The van der Waals surface area contributed by atoms with Gasteiger partial charge in [-0.25, -0.2) is 4.79 Å². The molecular weight excluding hydrogens is 322 g/mol. The van der Waals surface area contributed by atoms with E-state index in [2.05, 4.69) is 11.9 Å². The fourth-order valence-electron chi connectivity index (χ4n) is 2.55. The van der Waals surface area contributed by atoms with E-state index < -0.39 is 0 Å². The van der Waals surface area contributed by atoms with E-state index in [-0.39, 0.29) is 17.9 Å². The SMILES string of the molecule is C=CCNC(=O)c1cccc(C(=O)N2CCN(C(=O)OCC)CC2)c1. The smallest absolute Gasteiger partial charge is 0.409 e. The first-order valence-electron chi connectivity index (χ1n) is 8.27. The highest BCUT2D eigenvalue weighted by atomic mass is 16.6. The van der Waals surface area contributed by atoms with Crippen LogP contribution in [-0.2, 0) is 4.74 Å². The molecule has 25 heavy (non-hydrogen) atoms. The normalized spacial score (nSPS) is 14.0. The molecular formula is C18H23N3O4. The summed E-state index contributed by atoms with van der Waals surface area (Å²) in [6, 6.07) is 6.61. The van der Waals surface area contributed by atoms with Crippen molar-refractivity contribution in [2.45, 2.75) is 6.92 Å². The third kappa shape index (κ3) is 4.82. The third-order valence-corrected chi connectivity index (χ3v) is 3.87. The molecule has 0 unspecified atom stereocenters. The van der Waals surface area contributed by atoms with E-state index in [9.17, 15) is 14.4 Å². The Morgan fingerprint density at radius 3 is 2.44 bits per heavy atom. The quantitative estimate of drug-likeness (QED) is 0.821. The van der Waals surface area contributed by atoms with Crippen LogP contribution in [0.5, 0.6) is 0 Å². The maximum atomic E-state index is 12.6. The van der Waals surface area contributed by atoms with Crippen LogP contribution in [0.1, 0.15) is 27.6 Å². The Kier molecular flexibility index (Phi) is 6.56. The van der Waals surface area contributed by atoms with E-state index in [1.165, 1.54) is 0 Å². The van der Waals surface area contributed by atoms with Gasteiger partial charge in [0.2, 0.25) is 0 Å². The van der Waals surface area contributed by atoms with Crippen LogP contribution < -0.4 is 5.32 Å². The van der Waals surface area contributed by atoms with Crippen molar-refractivity contribution in [3.05, 3.63) is 48.0 Å². The summed E-state index contributed by atoms with van der Waals surface area (Å²) in [6.45, 7) is 7.75. The summed E-state index contributed by atoms with van der Waals surface area (Å²) >= 11 is 0. The van der Waals surface area contributed by atoms with Gasteiger partial charge in [0.1, 0.15) is 0 Å². The highest BCUT2D eigenvalue weighted by Crippen LogP contribution is 2.12. The summed E-state index contributed by atoms with van der Waals surface area (Å²) in [5, 5.41) is 2.68. The van der Waals surface area contributed by atoms with Crippen molar-refractivity contribution in [3.8, 4) is 0 Å². The molecule has 1 fully saturated rings. The molecule has 0 spiro atoms. The second-order valence-electron chi connectivity index (χ2n) is 5.56. The number of nitrogens with zero attached hydrogens (tertiary/aromatic N) is 2. The Labute approximate surface area is 147 Å². The second-order valence-corrected chi connectivity index (χ2v) is 5.56. The van der Waals surface area contributed by atoms with Gasteiger partial charge in [0.25, 0.3) is 11.8 Å². The first kappa shape index (κ1) is 18.5. The molecule has 1 saturated heterocycles. The number of hydrogen-bond acceptors (Lipinski definition) is 4. The van der Waals surface area contributed by atoms with Gasteiger partial charge in [-0.05, 0) is 25.1 Å². The first-order valence-corrected chi connectivity index (χ1v) is 8.27. The number of carbonyl (C=O) groups excluding carboxylic acids is 3. The van der Waals surface area contributed by atoms with Crippen molar-refractivity contribution in [3.63, 3.8) is 0 Å². The minimum Gasteiger partial charge on any atom is -0.450 e. The van der Waals surface area contributed by atoms with Gasteiger partial charge in [-0.15, -0.1) is 6.58 Å². The molecule has 3 amide bonds. The molecule has 1 aliphatic heterocycles. The maximum absolute atomic E-state index is 12.6. The van der Waals surface area contributed by atoms with Crippen molar-refractivity contribution in [2.24, 2.45) is 0 Å². The standard InChI is InChI=1S/C18H23N3O4/c1-3-8-19-16(22)14-6-5-7-15(13-14)17(23)20-9-11-21(12-10-20)18(24)25-4-2/h3,5-7,13H,1,4,8-12H2,2H3,(H,19,22). The number of ether oxygens (including phenoxy) is 1. The molecule has 0 bridgehead atoms. The topological polar surface area (TPSA) is 79.0 Å². The second kappa shape index (κ2) is 8.86. The largest absolute Gasteiger partial charge is 0.450 e. The van der Waals surface area contributed by atoms with Crippen molar-refractivity contribution < 1.29 is 19.1 Å². The monoisotopic (exact) mass is 345 g/mol. The maximum Gasteiger partial charge on any atom is 0.409 e. The average molecular weight is 345 g/mol. The van der Waals surface area contributed by atoms with E-state index in [1.807, 2.05) is 0 Å². The molecule has 134 valence electrons. The van der Waals surface area contributed by atoms with Crippen LogP contribution in [0.2, 0.25) is 0 Å². The first-order chi connectivity index (χ1) is 12.1. The van der Waals surface area contributed by atoms with Gasteiger partial charge in [0, 0.05) is 43.9 Å². The molecule has 1 aliphatic rings. The molecule has 0 radical (unpaired) electrons. The predicted octanol–water partition coefficient (Wildman–Crippen LogP) is 1.52. The molecule has 1 N–H and O–H groups in total. The molecule has 7 heteroatoms. The Balaban J connectivity index is 1.98. The van der Waals surface area contributed by atoms with Gasteiger partial charge in [-0.1, -0.05) is 12.1 Å². The van der Waals surface area contributed by atoms with E-state index in [0.717, 1.165) is 0 Å². The Hall–Kier alpha value is -2.83. The number of hydrogen-bond donors (Lipinski definition) is 1. The number of nitrogens with one attached hydrogen (secondary N) is 1. The summed E-state index contributed by atoms with van der Waals surface area (Å²) in [5.41, 5.74) is 0.883. The minimum atomic E-state index is -0.351. The zero-order valence-electron chi connectivity index (χ0n) is 14.4. The van der Waals surface area contributed by atoms with Gasteiger partial charge >= 0.3 is 6.09 Å². The summed E-state index contributed by atoms with van der Waals surface area (Å²) in [6.07, 6.45) is 1.24. The molecule has 0 aliphatic carbocycles. The van der Waals surface area contributed by atoms with Crippen molar-refractivity contribution >= 4 is 17.9 Å². The molecule has 1 aromatic carbocycles. The highest BCUT2D eigenvalue weighted by Gasteiger charge is 2.25. The predicted molar refractivity (Wildman–Crippen MR) is 93.5 cm³/mol. The van der Waals surface area contributed by atoms with E-state index >= 15 is 0 Å². The number of piperazine rings is 1. The lowest BCUT2D eigenvalue weighted by Crippen LogP contribution is -2.50. The molecule has 0 atom stereocenters. The average Bonchev–Trinajstić information content (AvgIpc) is 2.66. The lowest BCUT2D eigenvalue weighted by Gasteiger charge is -2.34. The molecule has 0 saturated carbocycles. The van der Waals surface area contributed by atoms with Gasteiger partial charge in [-0.3, -0.25) is 9.59 Å². The summed E-state index contributed by atoms with van der Waals surface area (Å²) in [4.78, 5) is 39.6. The highest BCUT2D eigenvalue weighted by molar-refractivity contribution is 5.99. The summed E-state index contributed by atoms with van der Waals surface area (Å²) in [7, 11) is 0. The van der Waals surface area contributed by atoms with E-state index in [0.29, 0.717) is 50.5 Å². The Bertz CT molecular complexity index is 651. The summed E-state index contributed by atoms with van der Waals surface area (Å²) < 4.78 is 4.97. The van der Waals surface area contributed by atoms with Crippen LogP contribution in [0.3, 0.4) is 0 Å². The fraction of sp³-hybridized carbons (Fsp3) is 0.389. The molecule has 1 heterocycles. The van der Waals surface area contributed by atoms with Crippen LogP contribution in [0, 0.1) is 0 Å². The van der Waals surface area contributed by atoms with Gasteiger partial charge < -0.3 is 19.9 Å². The van der Waals surface area contributed by atoms with Crippen LogP contribution in [0.25, 0.3) is 0 Å². The lowest BCUT2D eigenvalue weighted by molar-refractivity contribution is 0.0570. The zero-order chi connectivity index (χ0) is 18.2. The minimum absolute atomic E-state index is 0.151. The van der Waals surface area contributed by atoms with E-state index in [1.54, 1.807) is 47.1 Å². The summed E-state index contributed by atoms with van der Waals surface area (Å²) in [5.74, 6) is -0.399. The van der Waals surface area contributed by atoms with Crippen molar-refractivity contribution in [1.29, 1.82) is 0 Å². The number of benzene rings is 1. The molecule has 2 rings (SSSR count). The van der Waals surface area contributed by atoms with Crippen molar-refractivity contribution in [1.82, 2.24) is 15.1 Å². The number of rotatable bonds is 5. The Morgan fingerprint density at radius 2 is 1.80 bits per heavy atom. The van der Waals surface area contributed by atoms with Crippen LogP contribution >= 0.6 is 0 Å². The fourth-order valence-corrected chi connectivity index (χ4v) is 2.55. The van der Waals surface area contributed by atoms with Gasteiger partial charge in [0.15, 0.2) is 0 Å². The number of carbonyl (C=O) groups is 3. The lowest BCUT2D eigenvalue weighted by atomic mass is 10.1. The van der Waals surface area contributed by atoms with Gasteiger partial charge in [0.05, 0.1) is 6.61 Å². The van der Waals surface area contributed by atoms with Crippen LogP contribution in [0.4, 0.5) is 4.79 Å². The van der Waals surface area contributed by atoms with Crippen LogP contribution in [0.15, 0.2) is 36.9 Å².